The number of aromatic nitrogens is 3. The summed E-state index contributed by atoms with van der Waals surface area (Å²) < 4.78 is 0. The van der Waals surface area contributed by atoms with E-state index in [4.69, 9.17) is 5.73 Å². The van der Waals surface area contributed by atoms with E-state index in [0.29, 0.717) is 11.5 Å². The molecule has 0 radical (unpaired) electrons. The number of rotatable bonds is 7. The molecule has 3 aromatic carbocycles. The maximum Gasteiger partial charge on any atom is 0.180 e. The second-order valence-corrected chi connectivity index (χ2v) is 9.67. The lowest BCUT2D eigenvalue weighted by atomic mass is 10.0. The van der Waals surface area contributed by atoms with Crippen molar-refractivity contribution in [3.63, 3.8) is 0 Å². The topological polar surface area (TPSA) is 82.9 Å². The van der Waals surface area contributed by atoms with Gasteiger partial charge < -0.3 is 16.0 Å². The van der Waals surface area contributed by atoms with E-state index in [1.807, 2.05) is 13.0 Å². The first-order valence-corrected chi connectivity index (χ1v) is 12.4. The van der Waals surface area contributed by atoms with Crippen molar-refractivity contribution in [1.82, 2.24) is 19.9 Å². The normalized spacial score (nSPS) is 14.8. The van der Waals surface area contributed by atoms with Crippen molar-refractivity contribution in [2.24, 2.45) is 0 Å². The third-order valence-corrected chi connectivity index (χ3v) is 6.83. The molecule has 0 saturated carbocycles. The number of pyridine rings is 1. The molecule has 0 fully saturated rings. The van der Waals surface area contributed by atoms with Crippen molar-refractivity contribution >= 4 is 22.7 Å². The van der Waals surface area contributed by atoms with Gasteiger partial charge >= 0.3 is 0 Å². The fraction of sp³-hybridized carbons (Fsp3) is 0.200. The highest BCUT2D eigenvalue weighted by Gasteiger charge is 2.26. The molecular weight excluding hydrogens is 444 g/mol. The Morgan fingerprint density at radius 1 is 0.833 bits per heavy atom. The van der Waals surface area contributed by atoms with Gasteiger partial charge in [0.25, 0.3) is 0 Å². The summed E-state index contributed by atoms with van der Waals surface area (Å²) in [6, 6.07) is 30.3. The van der Waals surface area contributed by atoms with Crippen molar-refractivity contribution < 1.29 is 0 Å². The average Bonchev–Trinajstić information content (AvgIpc) is 3.47. The van der Waals surface area contributed by atoms with Crippen LogP contribution in [0.5, 0.6) is 0 Å². The van der Waals surface area contributed by atoms with Crippen molar-refractivity contribution in [2.45, 2.75) is 39.0 Å². The Labute approximate surface area is 211 Å². The highest BCUT2D eigenvalue weighted by atomic mass is 15.1. The first kappa shape index (κ1) is 22.3. The molecule has 1 aliphatic heterocycles. The van der Waals surface area contributed by atoms with Gasteiger partial charge in [0, 0.05) is 30.9 Å². The summed E-state index contributed by atoms with van der Waals surface area (Å²) in [7, 11) is 0. The zero-order chi connectivity index (χ0) is 24.5. The Kier molecular flexibility index (Phi) is 5.87. The summed E-state index contributed by atoms with van der Waals surface area (Å²) in [5, 5.41) is 3.69. The lowest BCUT2D eigenvalue weighted by Gasteiger charge is -2.23. The molecule has 6 nitrogen and oxygen atoms in total. The molecule has 0 amide bonds. The molecule has 3 heterocycles. The van der Waals surface area contributed by atoms with Crippen LogP contribution in [0.25, 0.3) is 11.2 Å². The van der Waals surface area contributed by atoms with Crippen LogP contribution in [0, 0.1) is 6.92 Å². The number of nitrogens with zero attached hydrogens (tertiary/aromatic N) is 3. The van der Waals surface area contributed by atoms with Crippen LogP contribution < -0.4 is 11.1 Å². The number of aryl methyl sites for hydroxylation is 1. The quantitative estimate of drug-likeness (QED) is 0.279. The predicted molar refractivity (Wildman–Crippen MR) is 145 cm³/mol. The highest BCUT2D eigenvalue weighted by molar-refractivity contribution is 5.79. The zero-order valence-electron chi connectivity index (χ0n) is 20.4. The first-order valence-electron chi connectivity index (χ1n) is 12.4. The van der Waals surface area contributed by atoms with Gasteiger partial charge in [-0.2, -0.15) is 0 Å². The number of hydrogen-bond donors (Lipinski definition) is 3. The minimum atomic E-state index is 0.132. The first-order chi connectivity index (χ1) is 17.6. The van der Waals surface area contributed by atoms with Gasteiger partial charge in [0.15, 0.2) is 5.65 Å². The zero-order valence-corrected chi connectivity index (χ0v) is 20.4. The lowest BCUT2D eigenvalue weighted by Crippen LogP contribution is -2.22. The SMILES string of the molecule is Cc1nc2nc(N)cc(C3Cc4cc(CN(Cc5ccccc5)Cc5ccccc5)ccc4N3)c2[nH]1. The van der Waals surface area contributed by atoms with Crippen LogP contribution in [0.4, 0.5) is 11.5 Å². The van der Waals surface area contributed by atoms with Gasteiger partial charge in [-0.05, 0) is 47.7 Å². The molecular formula is C30H30N6. The average molecular weight is 475 g/mol. The van der Waals surface area contributed by atoms with Crippen LogP contribution in [0.2, 0.25) is 0 Å². The molecule has 1 unspecified atom stereocenters. The van der Waals surface area contributed by atoms with Gasteiger partial charge in [0.05, 0.1) is 11.6 Å². The van der Waals surface area contributed by atoms with Crippen molar-refractivity contribution in [3.8, 4) is 0 Å². The fourth-order valence-corrected chi connectivity index (χ4v) is 5.23. The Morgan fingerprint density at radius 3 is 2.19 bits per heavy atom. The Balaban J connectivity index is 1.24. The molecule has 180 valence electrons. The molecule has 0 saturated heterocycles. The third-order valence-electron chi connectivity index (χ3n) is 6.83. The standard InChI is InChI=1S/C30H30N6/c1-20-32-29-25(16-28(31)35-30(29)33-20)27-15-24-14-23(12-13-26(24)34-27)19-36(17-21-8-4-2-5-9-21)18-22-10-6-3-7-11-22/h2-14,16,27,34H,15,17-19H2,1H3,(H3,31,32,33,35). The summed E-state index contributed by atoms with van der Waals surface area (Å²) in [4.78, 5) is 14.8. The van der Waals surface area contributed by atoms with Crippen LogP contribution in [-0.4, -0.2) is 19.9 Å². The number of imidazole rings is 1. The van der Waals surface area contributed by atoms with Gasteiger partial charge in [0.1, 0.15) is 11.6 Å². The van der Waals surface area contributed by atoms with Crippen LogP contribution in [-0.2, 0) is 26.1 Å². The molecule has 0 spiro atoms. The number of anilines is 2. The van der Waals surface area contributed by atoms with Gasteiger partial charge in [-0.1, -0.05) is 72.8 Å². The van der Waals surface area contributed by atoms with Gasteiger partial charge in [-0.25, -0.2) is 9.97 Å². The monoisotopic (exact) mass is 474 g/mol. The van der Waals surface area contributed by atoms with Gasteiger partial charge in [-0.3, -0.25) is 4.90 Å². The van der Waals surface area contributed by atoms with E-state index >= 15 is 0 Å². The van der Waals surface area contributed by atoms with Crippen molar-refractivity contribution in [1.29, 1.82) is 0 Å². The summed E-state index contributed by atoms with van der Waals surface area (Å²) in [6.07, 6.45) is 0.900. The number of benzene rings is 3. The minimum absolute atomic E-state index is 0.132. The number of hydrogen-bond acceptors (Lipinski definition) is 5. The third kappa shape index (κ3) is 4.68. The fourth-order valence-electron chi connectivity index (χ4n) is 5.23. The minimum Gasteiger partial charge on any atom is -0.384 e. The van der Waals surface area contributed by atoms with Crippen LogP contribution >= 0.6 is 0 Å². The van der Waals surface area contributed by atoms with E-state index in [-0.39, 0.29) is 6.04 Å². The maximum absolute atomic E-state index is 6.11. The maximum atomic E-state index is 6.11. The molecule has 6 heteroatoms. The van der Waals surface area contributed by atoms with Crippen molar-refractivity contribution in [3.05, 3.63) is 119 Å². The predicted octanol–water partition coefficient (Wildman–Crippen LogP) is 5.76. The number of fused-ring (bicyclic) bond motifs is 2. The van der Waals surface area contributed by atoms with E-state index in [0.717, 1.165) is 43.0 Å². The van der Waals surface area contributed by atoms with E-state index in [1.54, 1.807) is 0 Å². The molecule has 36 heavy (non-hydrogen) atoms. The van der Waals surface area contributed by atoms with E-state index in [2.05, 4.69) is 104 Å². The Bertz CT molecular complexity index is 1450. The molecule has 0 aliphatic carbocycles. The molecule has 6 rings (SSSR count). The van der Waals surface area contributed by atoms with Gasteiger partial charge in [-0.15, -0.1) is 0 Å². The molecule has 1 atom stereocenters. The number of nitrogens with two attached hydrogens (primary N) is 1. The van der Waals surface area contributed by atoms with Crippen LogP contribution in [0.3, 0.4) is 0 Å². The van der Waals surface area contributed by atoms with E-state index < -0.39 is 0 Å². The Morgan fingerprint density at radius 2 is 1.50 bits per heavy atom. The van der Waals surface area contributed by atoms with Gasteiger partial charge in [0.2, 0.25) is 0 Å². The van der Waals surface area contributed by atoms with Crippen LogP contribution in [0.15, 0.2) is 84.9 Å². The summed E-state index contributed by atoms with van der Waals surface area (Å²) in [5.41, 5.74) is 15.4. The number of nitrogens with one attached hydrogen (secondary N) is 2. The second-order valence-electron chi connectivity index (χ2n) is 9.67. The lowest BCUT2D eigenvalue weighted by molar-refractivity contribution is 0.247. The smallest absolute Gasteiger partial charge is 0.180 e. The second kappa shape index (κ2) is 9.47. The summed E-state index contributed by atoms with van der Waals surface area (Å²) in [6.45, 7) is 4.64. The number of nitrogen functional groups attached to an aromatic ring is 1. The summed E-state index contributed by atoms with van der Waals surface area (Å²) in [5.74, 6) is 1.35. The molecule has 2 aromatic heterocycles. The Hall–Kier alpha value is -4.16. The van der Waals surface area contributed by atoms with Crippen molar-refractivity contribution in [2.75, 3.05) is 11.1 Å². The van der Waals surface area contributed by atoms with Crippen LogP contribution in [0.1, 0.15) is 39.7 Å². The van der Waals surface area contributed by atoms with E-state index in [1.165, 1.54) is 27.9 Å². The largest absolute Gasteiger partial charge is 0.384 e. The molecule has 5 aromatic rings. The highest BCUT2D eigenvalue weighted by Crippen LogP contribution is 2.37. The molecule has 1 aliphatic rings. The summed E-state index contributed by atoms with van der Waals surface area (Å²) >= 11 is 0. The number of H-pyrrole nitrogens is 1. The number of aromatic amines is 1. The molecule has 0 bridgehead atoms. The van der Waals surface area contributed by atoms with E-state index in [9.17, 15) is 0 Å². The molecule has 4 N–H and O–H groups in total.